The van der Waals surface area contributed by atoms with Crippen LogP contribution in [0.5, 0.6) is 0 Å². The molecule has 1 heterocycles. The van der Waals surface area contributed by atoms with Gasteiger partial charge in [-0.05, 0) is 43.5 Å². The molecule has 1 aliphatic rings. The Bertz CT molecular complexity index is 587. The zero-order valence-electron chi connectivity index (χ0n) is 13.7. The van der Waals surface area contributed by atoms with Crippen molar-refractivity contribution in [1.29, 1.82) is 0 Å². The van der Waals surface area contributed by atoms with Gasteiger partial charge in [0.1, 0.15) is 0 Å². The van der Waals surface area contributed by atoms with Crippen molar-refractivity contribution in [3.63, 3.8) is 0 Å². The number of hydrogen-bond donors (Lipinski definition) is 1. The topological polar surface area (TPSA) is 52.7 Å². The lowest BCUT2D eigenvalue weighted by Gasteiger charge is -2.33. The molecule has 130 valence electrons. The molecule has 23 heavy (non-hydrogen) atoms. The Hall–Kier alpha value is -0.660. The predicted octanol–water partition coefficient (Wildman–Crippen LogP) is 2.13. The average molecular weight is 360 g/mol. The summed E-state index contributed by atoms with van der Waals surface area (Å²) in [6, 6.07) is 7.96. The van der Waals surface area contributed by atoms with Crippen molar-refractivity contribution in [1.82, 2.24) is 13.9 Å². The average Bonchev–Trinajstić information content (AvgIpc) is 2.54. The first-order valence-corrected chi connectivity index (χ1v) is 10.0. The molecule has 0 saturated carbocycles. The second kappa shape index (κ2) is 8.99. The van der Waals surface area contributed by atoms with Crippen LogP contribution >= 0.6 is 11.6 Å². The lowest BCUT2D eigenvalue weighted by atomic mass is 10.1. The molecule has 1 saturated heterocycles. The van der Waals surface area contributed by atoms with E-state index in [-0.39, 0.29) is 0 Å². The van der Waals surface area contributed by atoms with Gasteiger partial charge in [-0.2, -0.15) is 12.7 Å². The van der Waals surface area contributed by atoms with E-state index in [2.05, 4.69) is 15.7 Å². The summed E-state index contributed by atoms with van der Waals surface area (Å²) >= 11 is 5.99. The molecule has 0 spiro atoms. The van der Waals surface area contributed by atoms with Crippen LogP contribution in [0.15, 0.2) is 24.3 Å². The minimum absolute atomic E-state index is 0.502. The van der Waals surface area contributed by atoms with E-state index >= 15 is 0 Å². The van der Waals surface area contributed by atoms with Gasteiger partial charge in [-0.1, -0.05) is 30.7 Å². The summed E-state index contributed by atoms with van der Waals surface area (Å²) in [5.74, 6) is 0. The van der Waals surface area contributed by atoms with Crippen LogP contribution in [-0.2, 0) is 16.6 Å². The number of nitrogens with zero attached hydrogens (tertiary/aromatic N) is 2. The lowest BCUT2D eigenvalue weighted by molar-refractivity contribution is 0.185. The number of halogens is 1. The van der Waals surface area contributed by atoms with Gasteiger partial charge in [-0.25, -0.2) is 4.72 Å². The first-order valence-electron chi connectivity index (χ1n) is 8.23. The Labute approximate surface area is 144 Å². The molecule has 0 radical (unpaired) electrons. The summed E-state index contributed by atoms with van der Waals surface area (Å²) in [4.78, 5) is 2.33. The summed E-state index contributed by atoms with van der Waals surface area (Å²) in [5.41, 5.74) is 1.25. The molecule has 0 atom stereocenters. The molecule has 0 aliphatic carbocycles. The van der Waals surface area contributed by atoms with Crippen molar-refractivity contribution in [2.75, 3.05) is 39.3 Å². The Morgan fingerprint density at radius 2 is 1.96 bits per heavy atom. The van der Waals surface area contributed by atoms with Crippen molar-refractivity contribution in [2.45, 2.75) is 26.2 Å². The predicted molar refractivity (Wildman–Crippen MR) is 95.0 cm³/mol. The van der Waals surface area contributed by atoms with Crippen LogP contribution in [0.3, 0.4) is 0 Å². The fourth-order valence-electron chi connectivity index (χ4n) is 2.72. The molecule has 1 aromatic carbocycles. The van der Waals surface area contributed by atoms with E-state index in [0.29, 0.717) is 19.6 Å². The highest BCUT2D eigenvalue weighted by atomic mass is 35.5. The van der Waals surface area contributed by atoms with E-state index < -0.39 is 10.2 Å². The SMILES string of the molecule is CCCNS(=O)(=O)N1CCN(CCCc2cccc(Cl)c2)CC1. The van der Waals surface area contributed by atoms with Gasteiger partial charge >= 0.3 is 0 Å². The molecule has 7 heteroatoms. The van der Waals surface area contributed by atoms with E-state index in [0.717, 1.165) is 43.9 Å². The van der Waals surface area contributed by atoms with Gasteiger partial charge in [0.15, 0.2) is 0 Å². The minimum atomic E-state index is -3.30. The lowest BCUT2D eigenvalue weighted by Crippen LogP contribution is -2.52. The fourth-order valence-corrected chi connectivity index (χ4v) is 4.22. The molecule has 2 rings (SSSR count). The standard InChI is InChI=1S/C16H26ClN3O2S/c1-2-8-18-23(21,22)20-12-10-19(11-13-20)9-4-6-15-5-3-7-16(17)14-15/h3,5,7,14,18H,2,4,6,8-13H2,1H3. The molecule has 1 aromatic rings. The van der Waals surface area contributed by atoms with Crippen LogP contribution in [0, 0.1) is 0 Å². The van der Waals surface area contributed by atoms with Gasteiger partial charge in [-0.15, -0.1) is 0 Å². The summed E-state index contributed by atoms with van der Waals surface area (Å²) in [6.07, 6.45) is 2.86. The number of piperazine rings is 1. The summed E-state index contributed by atoms with van der Waals surface area (Å²) in [6.45, 7) is 6.17. The van der Waals surface area contributed by atoms with Crippen LogP contribution in [0.1, 0.15) is 25.3 Å². The molecule has 1 N–H and O–H groups in total. The van der Waals surface area contributed by atoms with Crippen LogP contribution in [0.4, 0.5) is 0 Å². The van der Waals surface area contributed by atoms with Crippen molar-refractivity contribution < 1.29 is 8.42 Å². The molecule has 0 amide bonds. The number of rotatable bonds is 8. The van der Waals surface area contributed by atoms with Crippen molar-refractivity contribution in [3.8, 4) is 0 Å². The molecule has 0 aromatic heterocycles. The largest absolute Gasteiger partial charge is 0.301 e. The van der Waals surface area contributed by atoms with E-state index in [4.69, 9.17) is 11.6 Å². The first kappa shape index (κ1) is 18.7. The second-order valence-corrected chi connectivity index (χ2v) is 8.07. The van der Waals surface area contributed by atoms with Gasteiger partial charge < -0.3 is 4.90 Å². The van der Waals surface area contributed by atoms with E-state index in [1.807, 2.05) is 25.1 Å². The summed E-state index contributed by atoms with van der Waals surface area (Å²) < 4.78 is 28.3. The first-order chi connectivity index (χ1) is 11.0. The Kier molecular flexibility index (Phi) is 7.30. The van der Waals surface area contributed by atoms with Gasteiger partial charge in [0.2, 0.25) is 0 Å². The van der Waals surface area contributed by atoms with Gasteiger partial charge in [0.05, 0.1) is 0 Å². The second-order valence-electron chi connectivity index (χ2n) is 5.87. The Morgan fingerprint density at radius 1 is 1.22 bits per heavy atom. The third-order valence-electron chi connectivity index (χ3n) is 4.03. The molecule has 1 fully saturated rings. The van der Waals surface area contributed by atoms with Crippen LogP contribution in [0.2, 0.25) is 5.02 Å². The van der Waals surface area contributed by atoms with E-state index in [1.165, 1.54) is 5.56 Å². The van der Waals surface area contributed by atoms with Crippen molar-refractivity contribution >= 4 is 21.8 Å². The zero-order chi connectivity index (χ0) is 16.7. The highest BCUT2D eigenvalue weighted by Gasteiger charge is 2.25. The molecule has 5 nitrogen and oxygen atoms in total. The minimum Gasteiger partial charge on any atom is -0.301 e. The molecular formula is C16H26ClN3O2S. The third kappa shape index (κ3) is 6.04. The van der Waals surface area contributed by atoms with Gasteiger partial charge in [0.25, 0.3) is 10.2 Å². The molecular weight excluding hydrogens is 334 g/mol. The summed E-state index contributed by atoms with van der Waals surface area (Å²) in [7, 11) is -3.30. The maximum absolute atomic E-state index is 12.1. The number of benzene rings is 1. The van der Waals surface area contributed by atoms with Crippen LogP contribution < -0.4 is 4.72 Å². The smallest absolute Gasteiger partial charge is 0.279 e. The van der Waals surface area contributed by atoms with E-state index in [1.54, 1.807) is 4.31 Å². The molecule has 0 bridgehead atoms. The fraction of sp³-hybridized carbons (Fsp3) is 0.625. The quantitative estimate of drug-likeness (QED) is 0.773. The Morgan fingerprint density at radius 3 is 2.61 bits per heavy atom. The van der Waals surface area contributed by atoms with Crippen LogP contribution in [-0.4, -0.2) is 56.9 Å². The maximum atomic E-state index is 12.1. The van der Waals surface area contributed by atoms with Crippen molar-refractivity contribution in [3.05, 3.63) is 34.9 Å². The Balaban J connectivity index is 1.70. The third-order valence-corrected chi connectivity index (χ3v) is 5.88. The highest BCUT2D eigenvalue weighted by molar-refractivity contribution is 7.87. The molecule has 1 aliphatic heterocycles. The van der Waals surface area contributed by atoms with Gasteiger partial charge in [-0.3, -0.25) is 0 Å². The number of nitrogens with one attached hydrogen (secondary N) is 1. The number of hydrogen-bond acceptors (Lipinski definition) is 3. The number of aryl methyl sites for hydroxylation is 1. The zero-order valence-corrected chi connectivity index (χ0v) is 15.2. The summed E-state index contributed by atoms with van der Waals surface area (Å²) in [5, 5.41) is 0.779. The van der Waals surface area contributed by atoms with Crippen molar-refractivity contribution in [2.24, 2.45) is 0 Å². The monoisotopic (exact) mass is 359 g/mol. The van der Waals surface area contributed by atoms with E-state index in [9.17, 15) is 8.42 Å². The normalized spacial score (nSPS) is 17.5. The highest BCUT2D eigenvalue weighted by Crippen LogP contribution is 2.13. The van der Waals surface area contributed by atoms with Crippen LogP contribution in [0.25, 0.3) is 0 Å². The maximum Gasteiger partial charge on any atom is 0.279 e. The van der Waals surface area contributed by atoms with Gasteiger partial charge in [0, 0.05) is 37.7 Å². The molecule has 0 unspecified atom stereocenters.